The summed E-state index contributed by atoms with van der Waals surface area (Å²) in [6.07, 6.45) is 5.55. The molecule has 0 radical (unpaired) electrons. The highest BCUT2D eigenvalue weighted by Crippen LogP contribution is 2.51. The first-order valence-electron chi connectivity index (χ1n) is 16.0. The van der Waals surface area contributed by atoms with Gasteiger partial charge in [-0.05, 0) is 61.8 Å². The van der Waals surface area contributed by atoms with E-state index in [1.54, 1.807) is 4.90 Å². The number of aromatic nitrogens is 1. The highest BCUT2D eigenvalue weighted by Gasteiger charge is 2.73. The number of hydrogen-bond acceptors (Lipinski definition) is 6. The Hall–Kier alpha value is -2.95. The lowest BCUT2D eigenvalue weighted by Crippen LogP contribution is -2.73. The van der Waals surface area contributed by atoms with Crippen molar-refractivity contribution in [3.05, 3.63) is 35.5 Å². The smallest absolute Gasteiger partial charge is 0.281 e. The molecule has 2 aromatic rings. The average Bonchev–Trinajstić information content (AvgIpc) is 3.68. The van der Waals surface area contributed by atoms with Crippen molar-refractivity contribution < 1.29 is 24.2 Å². The summed E-state index contributed by atoms with van der Waals surface area (Å²) < 4.78 is 6.51. The number of likely N-dealkylation sites (tertiary alicyclic amines) is 1. The highest BCUT2D eigenvalue weighted by atomic mass is 16.7. The summed E-state index contributed by atoms with van der Waals surface area (Å²) in [5, 5.41) is 16.6. The first kappa shape index (κ1) is 28.8. The van der Waals surface area contributed by atoms with Gasteiger partial charge in [0.2, 0.25) is 17.5 Å². The maximum absolute atomic E-state index is 14.6. The molecule has 0 saturated carbocycles. The Labute approximate surface area is 253 Å². The average molecular weight is 592 g/mol. The highest BCUT2D eigenvalue weighted by molar-refractivity contribution is 5.98. The van der Waals surface area contributed by atoms with Crippen molar-refractivity contribution >= 4 is 28.6 Å². The van der Waals surface area contributed by atoms with Crippen LogP contribution in [0.2, 0.25) is 0 Å². The molecule has 1 unspecified atom stereocenters. The summed E-state index contributed by atoms with van der Waals surface area (Å²) in [5.41, 5.74) is 1.29. The molecule has 4 fully saturated rings. The zero-order valence-electron chi connectivity index (χ0n) is 26.1. The molecule has 4 aliphatic heterocycles. The molecule has 10 nitrogen and oxygen atoms in total. The predicted octanol–water partition coefficient (Wildman–Crippen LogP) is 2.91. The van der Waals surface area contributed by atoms with Gasteiger partial charge in [0.05, 0.1) is 5.92 Å². The van der Waals surface area contributed by atoms with Gasteiger partial charge in [-0.2, -0.15) is 0 Å². The van der Waals surface area contributed by atoms with Crippen LogP contribution >= 0.6 is 0 Å². The summed E-state index contributed by atoms with van der Waals surface area (Å²) in [6, 6.07) is 5.05. The molecule has 43 heavy (non-hydrogen) atoms. The third kappa shape index (κ3) is 3.85. The Kier molecular flexibility index (Phi) is 6.38. The summed E-state index contributed by atoms with van der Waals surface area (Å²) in [6.45, 7) is 10.6. The lowest BCUT2D eigenvalue weighted by Gasteiger charge is -2.52. The fraction of sp³-hybridized carbons (Fsp3) is 0.667. The number of fused-ring (bicyclic) bond motifs is 5. The molecule has 1 aliphatic carbocycles. The Morgan fingerprint density at radius 1 is 1.28 bits per heavy atom. The second-order valence-electron chi connectivity index (χ2n) is 14.6. The lowest BCUT2D eigenvalue weighted by atomic mass is 9.72. The number of amides is 3. The maximum Gasteiger partial charge on any atom is 0.281 e. The van der Waals surface area contributed by atoms with Crippen LogP contribution in [0.25, 0.3) is 10.9 Å². The van der Waals surface area contributed by atoms with E-state index in [9.17, 15) is 19.5 Å². The van der Waals surface area contributed by atoms with Crippen LogP contribution in [0.5, 0.6) is 0 Å². The van der Waals surface area contributed by atoms with Crippen molar-refractivity contribution in [2.75, 3.05) is 20.1 Å². The van der Waals surface area contributed by atoms with Gasteiger partial charge in [-0.3, -0.25) is 24.0 Å². The second-order valence-corrected chi connectivity index (χ2v) is 14.6. The molecule has 5 heterocycles. The minimum absolute atomic E-state index is 0.155. The number of aliphatic hydroxyl groups is 1. The molecule has 232 valence electrons. The topological polar surface area (TPSA) is 118 Å². The number of piperazine rings is 1. The number of aromatic amines is 1. The summed E-state index contributed by atoms with van der Waals surface area (Å²) >= 11 is 0. The molecule has 1 aromatic heterocycles. The third-order valence-corrected chi connectivity index (χ3v) is 11.5. The van der Waals surface area contributed by atoms with Gasteiger partial charge in [0, 0.05) is 48.1 Å². The molecule has 0 spiro atoms. The minimum atomic E-state index is -2.02. The number of piperidine rings is 1. The Balaban J connectivity index is 1.22. The van der Waals surface area contributed by atoms with Crippen LogP contribution in [-0.2, 0) is 25.5 Å². The number of likely N-dealkylation sites (N-methyl/N-ethyl adjacent to an activating group) is 1. The summed E-state index contributed by atoms with van der Waals surface area (Å²) in [7, 11) is 2.07. The standard InChI is InChI=1S/C33H45N5O5/c1-7-31(4,5)27-29(40)37-13-9-12-25(37)33(42)38(27)30(41)32(43-33,18(2)3)35-28(39)20-14-22-21-10-8-11-23-26(21)19(16-34-23)15-24(22)36(6)17-20/h8,10-11,16,18,20,22,24-25,27,34,42H,7,9,12-15,17H2,1-6H3,(H,35,39)/t20-,22-,24-,25+,27?,32-,33+/m1/s1. The van der Waals surface area contributed by atoms with Crippen LogP contribution in [0.15, 0.2) is 24.4 Å². The van der Waals surface area contributed by atoms with Gasteiger partial charge in [0.1, 0.15) is 12.1 Å². The number of nitrogens with zero attached hydrogens (tertiary/aromatic N) is 3. The molecule has 0 bridgehead atoms. The fourth-order valence-electron chi connectivity index (χ4n) is 8.76. The van der Waals surface area contributed by atoms with Crippen molar-refractivity contribution in [2.24, 2.45) is 17.3 Å². The number of hydrogen-bond donors (Lipinski definition) is 3. The molecule has 4 saturated heterocycles. The lowest BCUT2D eigenvalue weighted by molar-refractivity contribution is -0.326. The molecule has 3 amide bonds. The first-order chi connectivity index (χ1) is 20.3. The minimum Gasteiger partial charge on any atom is -0.361 e. The van der Waals surface area contributed by atoms with Gasteiger partial charge in [0.15, 0.2) is 0 Å². The zero-order valence-corrected chi connectivity index (χ0v) is 26.1. The van der Waals surface area contributed by atoms with E-state index in [-0.39, 0.29) is 29.7 Å². The molecular weight excluding hydrogens is 546 g/mol. The molecular formula is C33H45N5O5. The second kappa shape index (κ2) is 9.52. The number of rotatable bonds is 5. The quantitative estimate of drug-likeness (QED) is 0.492. The van der Waals surface area contributed by atoms with E-state index in [0.717, 1.165) is 18.4 Å². The fourth-order valence-corrected chi connectivity index (χ4v) is 8.76. The number of carbonyl (C=O) groups excluding carboxylic acids is 3. The Bertz CT molecular complexity index is 1500. The van der Waals surface area contributed by atoms with E-state index in [1.807, 2.05) is 34.6 Å². The number of ether oxygens (including phenoxy) is 1. The normalized spacial score (nSPS) is 35.9. The van der Waals surface area contributed by atoms with Crippen molar-refractivity contribution in [1.82, 2.24) is 25.0 Å². The molecule has 1 aromatic carbocycles. The zero-order chi connectivity index (χ0) is 30.6. The van der Waals surface area contributed by atoms with Crippen molar-refractivity contribution in [2.45, 2.75) is 102 Å². The molecule has 7 atom stereocenters. The first-order valence-corrected chi connectivity index (χ1v) is 16.0. The molecule has 3 N–H and O–H groups in total. The molecule has 5 aliphatic rings. The van der Waals surface area contributed by atoms with Crippen LogP contribution in [0.3, 0.4) is 0 Å². The maximum atomic E-state index is 14.6. The van der Waals surface area contributed by atoms with Crippen LogP contribution in [-0.4, -0.2) is 92.4 Å². The van der Waals surface area contributed by atoms with Gasteiger partial charge in [-0.25, -0.2) is 0 Å². The summed E-state index contributed by atoms with van der Waals surface area (Å²) in [4.78, 5) is 51.4. The van der Waals surface area contributed by atoms with Crippen LogP contribution < -0.4 is 5.32 Å². The van der Waals surface area contributed by atoms with Crippen LogP contribution in [0.4, 0.5) is 0 Å². The summed E-state index contributed by atoms with van der Waals surface area (Å²) in [5.74, 6) is -3.67. The van der Waals surface area contributed by atoms with Crippen LogP contribution in [0.1, 0.15) is 77.3 Å². The predicted molar refractivity (Wildman–Crippen MR) is 160 cm³/mol. The monoisotopic (exact) mass is 591 g/mol. The van der Waals surface area contributed by atoms with Gasteiger partial charge in [-0.15, -0.1) is 0 Å². The van der Waals surface area contributed by atoms with Crippen molar-refractivity contribution in [3.63, 3.8) is 0 Å². The molecule has 10 heteroatoms. The number of benzene rings is 1. The van der Waals surface area contributed by atoms with E-state index in [2.05, 4.69) is 46.6 Å². The molecule has 7 rings (SSSR count). The van der Waals surface area contributed by atoms with Crippen molar-refractivity contribution in [1.29, 1.82) is 0 Å². The van der Waals surface area contributed by atoms with E-state index in [4.69, 9.17) is 4.74 Å². The SMILES string of the molecule is CCC(C)(C)C1C(=O)N2CCC[C@H]2[C@]2(O)O[C@](NC(=O)[C@@H]3C[C@@H]4c5cccc6[nH]cc(c56)C[C@H]4N(C)C3)(C(C)C)C(=O)N12. The van der Waals surface area contributed by atoms with E-state index in [1.165, 1.54) is 21.4 Å². The van der Waals surface area contributed by atoms with E-state index in [0.29, 0.717) is 32.4 Å². The van der Waals surface area contributed by atoms with Gasteiger partial charge < -0.3 is 25.2 Å². The third-order valence-electron chi connectivity index (χ3n) is 11.5. The number of carbonyl (C=O) groups is 3. The number of H-pyrrole nitrogens is 1. The Morgan fingerprint density at radius 3 is 2.77 bits per heavy atom. The van der Waals surface area contributed by atoms with Gasteiger partial charge >= 0.3 is 0 Å². The van der Waals surface area contributed by atoms with E-state index >= 15 is 0 Å². The Morgan fingerprint density at radius 2 is 2.05 bits per heavy atom. The largest absolute Gasteiger partial charge is 0.361 e. The van der Waals surface area contributed by atoms with E-state index < -0.39 is 41.0 Å². The van der Waals surface area contributed by atoms with Crippen molar-refractivity contribution in [3.8, 4) is 0 Å². The van der Waals surface area contributed by atoms with Crippen LogP contribution in [0, 0.1) is 17.3 Å². The van der Waals surface area contributed by atoms with Gasteiger partial charge in [0.25, 0.3) is 11.8 Å². The van der Waals surface area contributed by atoms with Gasteiger partial charge in [-0.1, -0.05) is 46.8 Å². The number of nitrogens with one attached hydrogen (secondary N) is 2.